The summed E-state index contributed by atoms with van der Waals surface area (Å²) in [4.78, 5) is 8.36. The van der Waals surface area contributed by atoms with Gasteiger partial charge in [0.05, 0.1) is 12.2 Å². The highest BCUT2D eigenvalue weighted by molar-refractivity contribution is 7.15. The smallest absolute Gasteiger partial charge is 0.211 e. The molecule has 0 aromatic carbocycles. The van der Waals surface area contributed by atoms with Crippen LogP contribution in [0.3, 0.4) is 0 Å². The molecule has 2 N–H and O–H groups in total. The van der Waals surface area contributed by atoms with Gasteiger partial charge >= 0.3 is 0 Å². The van der Waals surface area contributed by atoms with E-state index in [0.717, 1.165) is 5.69 Å². The standard InChI is InChI=1S/C17H16FN7OS2/c1-10-9-27-14(20-10)17(2,26)15-22-23-16(28-15)21-13-5-7-25(24-13)8-12-11(18)4-3-6-19-12/h3-7,9,26H,8H2,1-2H3,(H,21,23,24). The van der Waals surface area contributed by atoms with Crippen molar-refractivity contribution in [2.45, 2.75) is 26.0 Å². The van der Waals surface area contributed by atoms with Gasteiger partial charge in [0.25, 0.3) is 0 Å². The Morgan fingerprint density at radius 1 is 1.29 bits per heavy atom. The lowest BCUT2D eigenvalue weighted by Gasteiger charge is -2.16. The van der Waals surface area contributed by atoms with E-state index < -0.39 is 5.60 Å². The molecule has 0 saturated carbocycles. The van der Waals surface area contributed by atoms with E-state index in [1.54, 1.807) is 36.1 Å². The van der Waals surface area contributed by atoms with Crippen LogP contribution >= 0.6 is 22.7 Å². The molecular weight excluding hydrogens is 401 g/mol. The summed E-state index contributed by atoms with van der Waals surface area (Å²) in [5.74, 6) is 0.157. The Morgan fingerprint density at radius 3 is 2.89 bits per heavy atom. The highest BCUT2D eigenvalue weighted by Crippen LogP contribution is 2.34. The molecule has 0 radical (unpaired) electrons. The summed E-state index contributed by atoms with van der Waals surface area (Å²) in [6, 6.07) is 4.65. The molecule has 0 saturated heterocycles. The van der Waals surface area contributed by atoms with Gasteiger partial charge < -0.3 is 10.4 Å². The number of aromatic nitrogens is 6. The molecule has 0 aliphatic heterocycles. The Bertz CT molecular complexity index is 1100. The van der Waals surface area contributed by atoms with Gasteiger partial charge in [-0.05, 0) is 26.0 Å². The monoisotopic (exact) mass is 417 g/mol. The molecule has 11 heteroatoms. The van der Waals surface area contributed by atoms with Gasteiger partial charge in [0, 0.05) is 29.5 Å². The van der Waals surface area contributed by atoms with Crippen molar-refractivity contribution in [3.05, 3.63) is 63.2 Å². The van der Waals surface area contributed by atoms with Crippen LogP contribution in [0, 0.1) is 12.7 Å². The minimum atomic E-state index is -1.31. The van der Waals surface area contributed by atoms with E-state index in [1.165, 1.54) is 28.7 Å². The highest BCUT2D eigenvalue weighted by atomic mass is 32.1. The predicted molar refractivity (Wildman–Crippen MR) is 104 cm³/mol. The molecule has 4 aromatic heterocycles. The van der Waals surface area contributed by atoms with Gasteiger partial charge in [0.2, 0.25) is 5.13 Å². The van der Waals surface area contributed by atoms with Crippen LogP contribution in [0.1, 0.15) is 28.3 Å². The van der Waals surface area contributed by atoms with Crippen molar-refractivity contribution in [2.24, 2.45) is 0 Å². The van der Waals surface area contributed by atoms with Crippen molar-refractivity contribution in [3.63, 3.8) is 0 Å². The second kappa shape index (κ2) is 7.34. The molecule has 1 atom stereocenters. The second-order valence-corrected chi connectivity index (χ2v) is 8.07. The maximum atomic E-state index is 13.7. The molecule has 4 rings (SSSR count). The number of aryl methyl sites for hydroxylation is 1. The van der Waals surface area contributed by atoms with Gasteiger partial charge in [-0.1, -0.05) is 11.3 Å². The summed E-state index contributed by atoms with van der Waals surface area (Å²) in [7, 11) is 0. The van der Waals surface area contributed by atoms with E-state index in [9.17, 15) is 9.50 Å². The number of rotatable bonds is 6. The lowest BCUT2D eigenvalue weighted by molar-refractivity contribution is 0.101. The molecular formula is C17H16FN7OS2. The summed E-state index contributed by atoms with van der Waals surface area (Å²) in [5.41, 5.74) is -0.157. The van der Waals surface area contributed by atoms with Gasteiger partial charge in [0.1, 0.15) is 10.8 Å². The Kier molecular flexibility index (Phi) is 4.87. The third-order valence-corrected chi connectivity index (χ3v) is 6.12. The summed E-state index contributed by atoms with van der Waals surface area (Å²) >= 11 is 2.59. The minimum Gasteiger partial charge on any atom is -0.376 e. The molecule has 0 aliphatic carbocycles. The van der Waals surface area contributed by atoms with Crippen molar-refractivity contribution >= 4 is 33.6 Å². The van der Waals surface area contributed by atoms with E-state index >= 15 is 0 Å². The van der Waals surface area contributed by atoms with Gasteiger partial charge in [0.15, 0.2) is 16.4 Å². The zero-order chi connectivity index (χ0) is 19.7. The fraction of sp³-hybridized carbons (Fsp3) is 0.235. The molecule has 1 unspecified atom stereocenters. The molecule has 144 valence electrons. The van der Waals surface area contributed by atoms with Gasteiger partial charge in [-0.15, -0.1) is 21.5 Å². The zero-order valence-corrected chi connectivity index (χ0v) is 16.6. The SMILES string of the molecule is Cc1csc(C(C)(O)c2nnc(Nc3ccn(Cc4ncccc4F)n3)s2)n1. The van der Waals surface area contributed by atoms with Crippen LogP contribution in [0.15, 0.2) is 36.0 Å². The summed E-state index contributed by atoms with van der Waals surface area (Å²) in [6.45, 7) is 3.73. The van der Waals surface area contributed by atoms with Crippen molar-refractivity contribution < 1.29 is 9.50 Å². The molecule has 4 aromatic rings. The fourth-order valence-corrected chi connectivity index (χ4v) is 4.17. The highest BCUT2D eigenvalue weighted by Gasteiger charge is 2.33. The first kappa shape index (κ1) is 18.6. The molecule has 0 fully saturated rings. The minimum absolute atomic E-state index is 0.216. The average Bonchev–Trinajstić information content (AvgIpc) is 3.39. The lowest BCUT2D eigenvalue weighted by Crippen LogP contribution is -2.22. The molecule has 0 bridgehead atoms. The fourth-order valence-electron chi connectivity index (χ4n) is 2.45. The molecule has 0 aliphatic rings. The van der Waals surface area contributed by atoms with Crippen molar-refractivity contribution in [1.29, 1.82) is 0 Å². The maximum absolute atomic E-state index is 13.7. The Labute approximate surface area is 167 Å². The summed E-state index contributed by atoms with van der Waals surface area (Å²) < 4.78 is 15.3. The number of anilines is 2. The Hall–Kier alpha value is -2.76. The largest absolute Gasteiger partial charge is 0.376 e. The van der Waals surface area contributed by atoms with E-state index in [0.29, 0.717) is 26.7 Å². The average molecular weight is 417 g/mol. The van der Waals surface area contributed by atoms with E-state index in [-0.39, 0.29) is 12.4 Å². The van der Waals surface area contributed by atoms with Gasteiger partial charge in [-0.2, -0.15) is 5.10 Å². The van der Waals surface area contributed by atoms with E-state index in [2.05, 4.69) is 30.6 Å². The maximum Gasteiger partial charge on any atom is 0.211 e. The lowest BCUT2D eigenvalue weighted by atomic mass is 10.1. The predicted octanol–water partition coefficient (Wildman–Crippen LogP) is 3.08. The van der Waals surface area contributed by atoms with Crippen molar-refractivity contribution in [2.75, 3.05) is 5.32 Å². The molecule has 28 heavy (non-hydrogen) atoms. The number of pyridine rings is 1. The summed E-state index contributed by atoms with van der Waals surface area (Å²) in [5, 5.41) is 29.7. The first-order valence-corrected chi connectivity index (χ1v) is 10.0. The molecule has 4 heterocycles. The number of aliphatic hydroxyl groups is 1. The van der Waals surface area contributed by atoms with Crippen LogP contribution in [0.4, 0.5) is 15.3 Å². The first-order valence-electron chi connectivity index (χ1n) is 8.30. The number of halogens is 1. The third-order valence-electron chi connectivity index (χ3n) is 3.90. The van der Waals surface area contributed by atoms with Crippen molar-refractivity contribution in [1.82, 2.24) is 29.9 Å². The van der Waals surface area contributed by atoms with E-state index in [1.807, 2.05) is 12.3 Å². The van der Waals surface area contributed by atoms with E-state index in [4.69, 9.17) is 0 Å². The number of nitrogens with one attached hydrogen (secondary N) is 1. The van der Waals surface area contributed by atoms with Crippen LogP contribution in [-0.4, -0.2) is 35.1 Å². The second-order valence-electron chi connectivity index (χ2n) is 6.23. The van der Waals surface area contributed by atoms with Crippen LogP contribution in [0.2, 0.25) is 0 Å². The first-order chi connectivity index (χ1) is 13.4. The Balaban J connectivity index is 1.47. The molecule has 0 spiro atoms. The molecule has 8 nitrogen and oxygen atoms in total. The number of hydrogen-bond donors (Lipinski definition) is 2. The number of hydrogen-bond acceptors (Lipinski definition) is 9. The van der Waals surface area contributed by atoms with Crippen LogP contribution in [0.5, 0.6) is 0 Å². The normalized spacial score (nSPS) is 13.4. The third kappa shape index (κ3) is 3.77. The zero-order valence-electron chi connectivity index (χ0n) is 15.0. The van der Waals surface area contributed by atoms with Gasteiger partial charge in [-0.3, -0.25) is 9.67 Å². The molecule has 0 amide bonds. The summed E-state index contributed by atoms with van der Waals surface area (Å²) in [6.07, 6.45) is 3.26. The van der Waals surface area contributed by atoms with Crippen LogP contribution < -0.4 is 5.32 Å². The topological polar surface area (TPSA) is 102 Å². The number of thiazole rings is 1. The van der Waals surface area contributed by atoms with Crippen LogP contribution in [-0.2, 0) is 12.1 Å². The quantitative estimate of drug-likeness (QED) is 0.497. The van der Waals surface area contributed by atoms with Crippen LogP contribution in [0.25, 0.3) is 0 Å². The Morgan fingerprint density at radius 2 is 2.14 bits per heavy atom. The van der Waals surface area contributed by atoms with Crippen molar-refractivity contribution in [3.8, 4) is 0 Å². The number of nitrogens with zero attached hydrogens (tertiary/aromatic N) is 6. The van der Waals surface area contributed by atoms with Gasteiger partial charge in [-0.25, -0.2) is 9.37 Å².